The first-order chi connectivity index (χ1) is 13.6. The van der Waals surface area contributed by atoms with E-state index >= 15 is 0 Å². The van der Waals surface area contributed by atoms with E-state index in [4.69, 9.17) is 4.74 Å². The van der Waals surface area contributed by atoms with Gasteiger partial charge in [-0.1, -0.05) is 60.2 Å². The fraction of sp³-hybridized carbons (Fsp3) is 0.480. The molecule has 2 fully saturated rings. The van der Waals surface area contributed by atoms with Crippen molar-refractivity contribution < 1.29 is 9.53 Å². The molecule has 148 valence electrons. The van der Waals surface area contributed by atoms with Gasteiger partial charge in [0.2, 0.25) is 0 Å². The average molecular weight is 378 g/mol. The minimum atomic E-state index is -0.427. The van der Waals surface area contributed by atoms with Gasteiger partial charge in [-0.15, -0.1) is 0 Å². The van der Waals surface area contributed by atoms with E-state index in [1.54, 1.807) is 0 Å². The first-order valence-electron chi connectivity index (χ1n) is 10.5. The number of hydrogen-bond acceptors (Lipinski definition) is 3. The summed E-state index contributed by atoms with van der Waals surface area (Å²) < 4.78 is 5.21. The number of nitrogens with zero attached hydrogens (tertiary/aromatic N) is 1. The summed E-state index contributed by atoms with van der Waals surface area (Å²) in [5, 5.41) is 0. The lowest BCUT2D eigenvalue weighted by Gasteiger charge is -2.32. The number of hydrogen-bond donors (Lipinski definition) is 0. The third-order valence-electron chi connectivity index (χ3n) is 6.77. The molecule has 0 N–H and O–H groups in total. The summed E-state index contributed by atoms with van der Waals surface area (Å²) in [6.07, 6.45) is 4.59. The fourth-order valence-corrected chi connectivity index (χ4v) is 4.94. The monoisotopic (exact) mass is 377 g/mol. The zero-order valence-electron chi connectivity index (χ0n) is 17.1. The van der Waals surface area contributed by atoms with Crippen LogP contribution in [0.2, 0.25) is 0 Å². The molecule has 3 nitrogen and oxygen atoms in total. The highest BCUT2D eigenvalue weighted by Gasteiger charge is 2.62. The standard InChI is InChI=1S/C25H31NO2/c1-19-8-10-22(11-9-19)25(24(27)28-2)17-23(25)18-26-14-12-21(13-15-26)16-20-6-4-3-5-7-20/h3-11,21,23H,12-18H2,1-2H3/t23-,25+/m1/s1. The van der Waals surface area contributed by atoms with Crippen LogP contribution in [-0.4, -0.2) is 37.6 Å². The number of benzene rings is 2. The van der Waals surface area contributed by atoms with Crippen LogP contribution in [0.3, 0.4) is 0 Å². The van der Waals surface area contributed by atoms with Crippen molar-refractivity contribution in [3.05, 3.63) is 71.3 Å². The summed E-state index contributed by atoms with van der Waals surface area (Å²) in [6, 6.07) is 19.3. The molecule has 1 heterocycles. The number of rotatable bonds is 6. The van der Waals surface area contributed by atoms with Crippen LogP contribution in [-0.2, 0) is 21.4 Å². The van der Waals surface area contributed by atoms with E-state index in [1.165, 1.54) is 37.5 Å². The van der Waals surface area contributed by atoms with Crippen LogP contribution in [0.4, 0.5) is 0 Å². The lowest BCUT2D eigenvalue weighted by molar-refractivity contribution is -0.144. The highest BCUT2D eigenvalue weighted by molar-refractivity contribution is 5.87. The smallest absolute Gasteiger partial charge is 0.316 e. The zero-order valence-corrected chi connectivity index (χ0v) is 17.1. The molecule has 1 aliphatic heterocycles. The Hall–Kier alpha value is -2.13. The molecule has 0 unspecified atom stereocenters. The molecule has 0 radical (unpaired) electrons. The van der Waals surface area contributed by atoms with Gasteiger partial charge in [0.05, 0.1) is 12.5 Å². The van der Waals surface area contributed by atoms with E-state index in [1.807, 2.05) is 0 Å². The number of carbonyl (C=O) groups excluding carboxylic acids is 1. The Labute approximate surface area is 168 Å². The summed E-state index contributed by atoms with van der Waals surface area (Å²) in [5.74, 6) is 1.08. The first-order valence-corrected chi connectivity index (χ1v) is 10.5. The van der Waals surface area contributed by atoms with Crippen LogP contribution in [0.1, 0.15) is 36.0 Å². The molecule has 2 aromatic rings. The first kappa shape index (κ1) is 19.2. The van der Waals surface area contributed by atoms with Gasteiger partial charge < -0.3 is 9.64 Å². The maximum absolute atomic E-state index is 12.6. The molecule has 4 rings (SSSR count). The molecule has 0 spiro atoms. The van der Waals surface area contributed by atoms with Crippen LogP contribution in [0.5, 0.6) is 0 Å². The molecule has 0 amide bonds. The van der Waals surface area contributed by atoms with Crippen LogP contribution in [0, 0.1) is 18.8 Å². The number of ether oxygens (including phenoxy) is 1. The molecule has 1 saturated carbocycles. The Balaban J connectivity index is 1.35. The highest BCUT2D eigenvalue weighted by Crippen LogP contribution is 2.55. The number of esters is 1. The normalized spacial score (nSPS) is 25.4. The van der Waals surface area contributed by atoms with Crippen molar-refractivity contribution in [3.8, 4) is 0 Å². The van der Waals surface area contributed by atoms with Crippen molar-refractivity contribution >= 4 is 5.97 Å². The highest BCUT2D eigenvalue weighted by atomic mass is 16.5. The second-order valence-corrected chi connectivity index (χ2v) is 8.66. The topological polar surface area (TPSA) is 29.5 Å². The second kappa shape index (κ2) is 8.08. The Morgan fingerprint density at radius 3 is 2.39 bits per heavy atom. The van der Waals surface area contributed by atoms with Gasteiger partial charge in [-0.3, -0.25) is 4.79 Å². The Morgan fingerprint density at radius 1 is 1.07 bits per heavy atom. The van der Waals surface area contributed by atoms with Crippen LogP contribution >= 0.6 is 0 Å². The van der Waals surface area contributed by atoms with Crippen LogP contribution < -0.4 is 0 Å². The molecule has 2 atom stereocenters. The van der Waals surface area contributed by atoms with Gasteiger partial charge in [-0.2, -0.15) is 0 Å². The van der Waals surface area contributed by atoms with E-state index in [-0.39, 0.29) is 5.97 Å². The lowest BCUT2D eigenvalue weighted by atomic mass is 9.89. The molecule has 2 aromatic carbocycles. The SMILES string of the molecule is COC(=O)[C@]1(c2ccc(C)cc2)C[C@@H]1CN1CCC(Cc2ccccc2)CC1. The van der Waals surface area contributed by atoms with Crippen LogP contribution in [0.15, 0.2) is 54.6 Å². The Kier molecular flexibility index (Phi) is 5.54. The second-order valence-electron chi connectivity index (χ2n) is 8.66. The van der Waals surface area contributed by atoms with Gasteiger partial charge in [0.15, 0.2) is 0 Å². The predicted molar refractivity (Wildman–Crippen MR) is 112 cm³/mol. The number of carbonyl (C=O) groups is 1. The maximum Gasteiger partial charge on any atom is 0.316 e. The molecular weight excluding hydrogens is 346 g/mol. The molecule has 0 bridgehead atoms. The lowest BCUT2D eigenvalue weighted by Crippen LogP contribution is -2.37. The van der Waals surface area contributed by atoms with Crippen molar-refractivity contribution in [2.45, 2.75) is 38.0 Å². The van der Waals surface area contributed by atoms with Crippen molar-refractivity contribution in [2.75, 3.05) is 26.7 Å². The summed E-state index contributed by atoms with van der Waals surface area (Å²) >= 11 is 0. The Morgan fingerprint density at radius 2 is 1.75 bits per heavy atom. The number of methoxy groups -OCH3 is 1. The third-order valence-corrected chi connectivity index (χ3v) is 6.77. The van der Waals surface area contributed by atoms with Gasteiger partial charge in [0.1, 0.15) is 0 Å². The Bertz CT molecular complexity index is 793. The van der Waals surface area contributed by atoms with Crippen molar-refractivity contribution in [1.29, 1.82) is 0 Å². The third kappa shape index (κ3) is 3.86. The number of piperidine rings is 1. The van der Waals surface area contributed by atoms with E-state index < -0.39 is 5.41 Å². The summed E-state index contributed by atoms with van der Waals surface area (Å²) in [7, 11) is 1.52. The summed E-state index contributed by atoms with van der Waals surface area (Å²) in [6.45, 7) is 5.36. The minimum Gasteiger partial charge on any atom is -0.468 e. The van der Waals surface area contributed by atoms with E-state index in [0.29, 0.717) is 5.92 Å². The van der Waals surface area contributed by atoms with Gasteiger partial charge in [0, 0.05) is 6.54 Å². The van der Waals surface area contributed by atoms with Gasteiger partial charge >= 0.3 is 5.97 Å². The van der Waals surface area contributed by atoms with Crippen molar-refractivity contribution in [2.24, 2.45) is 11.8 Å². The molecule has 28 heavy (non-hydrogen) atoms. The molecular formula is C25H31NO2. The van der Waals surface area contributed by atoms with Gasteiger partial charge in [-0.25, -0.2) is 0 Å². The van der Waals surface area contributed by atoms with Gasteiger partial charge in [0.25, 0.3) is 0 Å². The average Bonchev–Trinajstić information content (AvgIpc) is 3.45. The van der Waals surface area contributed by atoms with Crippen molar-refractivity contribution in [3.63, 3.8) is 0 Å². The van der Waals surface area contributed by atoms with Crippen LogP contribution in [0.25, 0.3) is 0 Å². The summed E-state index contributed by atoms with van der Waals surface area (Å²) in [4.78, 5) is 15.2. The van der Waals surface area contributed by atoms with E-state index in [0.717, 1.165) is 37.5 Å². The maximum atomic E-state index is 12.6. The quantitative estimate of drug-likeness (QED) is 0.700. The predicted octanol–water partition coefficient (Wildman–Crippen LogP) is 4.38. The minimum absolute atomic E-state index is 0.0692. The number of likely N-dealkylation sites (tertiary alicyclic amines) is 1. The molecule has 0 aromatic heterocycles. The summed E-state index contributed by atoms with van der Waals surface area (Å²) in [5.41, 5.74) is 3.37. The van der Waals surface area contributed by atoms with E-state index in [2.05, 4.69) is 66.4 Å². The fourth-order valence-electron chi connectivity index (χ4n) is 4.94. The van der Waals surface area contributed by atoms with Crippen molar-refractivity contribution in [1.82, 2.24) is 4.90 Å². The number of aryl methyl sites for hydroxylation is 1. The molecule has 2 aliphatic rings. The van der Waals surface area contributed by atoms with Gasteiger partial charge in [-0.05, 0) is 68.7 Å². The molecule has 3 heteroatoms. The van der Waals surface area contributed by atoms with E-state index in [9.17, 15) is 4.79 Å². The largest absolute Gasteiger partial charge is 0.468 e. The molecule has 1 saturated heterocycles. The molecule has 1 aliphatic carbocycles. The zero-order chi connectivity index (χ0) is 19.6.